The van der Waals surface area contributed by atoms with E-state index in [4.69, 9.17) is 4.74 Å². The summed E-state index contributed by atoms with van der Waals surface area (Å²) in [7, 11) is 1.33. The van der Waals surface area contributed by atoms with Crippen LogP contribution < -0.4 is 5.32 Å². The Balaban J connectivity index is 2.07. The molecular formula is C23H34N2O5S. The van der Waals surface area contributed by atoms with Gasteiger partial charge in [-0.05, 0) is 62.5 Å². The Bertz CT molecular complexity index is 715. The van der Waals surface area contributed by atoms with Gasteiger partial charge in [0.05, 0.1) is 13.2 Å². The minimum Gasteiger partial charge on any atom is -0.480 e. The number of rotatable bonds is 8. The van der Waals surface area contributed by atoms with Gasteiger partial charge in [0.15, 0.2) is 0 Å². The van der Waals surface area contributed by atoms with E-state index in [0.29, 0.717) is 25.8 Å². The Morgan fingerprint density at radius 2 is 1.90 bits per heavy atom. The Morgan fingerprint density at radius 1 is 1.19 bits per heavy atom. The minimum atomic E-state index is -0.972. The van der Waals surface area contributed by atoms with E-state index in [-0.39, 0.29) is 5.91 Å². The first kappa shape index (κ1) is 25.2. The molecular weight excluding hydrogens is 416 g/mol. The predicted octanol–water partition coefficient (Wildman–Crippen LogP) is 2.73. The molecule has 8 heteroatoms. The third-order valence-corrected chi connectivity index (χ3v) is 6.67. The van der Waals surface area contributed by atoms with E-state index >= 15 is 0 Å². The van der Waals surface area contributed by atoms with Crippen molar-refractivity contribution >= 4 is 29.6 Å². The second kappa shape index (κ2) is 13.4. The molecule has 1 heterocycles. The van der Waals surface area contributed by atoms with Gasteiger partial charge in [-0.2, -0.15) is 11.8 Å². The van der Waals surface area contributed by atoms with Crippen molar-refractivity contribution in [2.24, 2.45) is 0 Å². The summed E-state index contributed by atoms with van der Waals surface area (Å²) >= 11 is 1.84. The summed E-state index contributed by atoms with van der Waals surface area (Å²) in [6.07, 6.45) is 4.06. The number of amides is 1. The highest BCUT2D eigenvalue weighted by Crippen LogP contribution is 2.18. The van der Waals surface area contributed by atoms with Gasteiger partial charge in [-0.25, -0.2) is 4.79 Å². The molecule has 1 unspecified atom stereocenters. The van der Waals surface area contributed by atoms with Crippen molar-refractivity contribution in [3.63, 3.8) is 0 Å². The zero-order chi connectivity index (χ0) is 22.6. The highest BCUT2D eigenvalue weighted by atomic mass is 32.2. The van der Waals surface area contributed by atoms with E-state index in [0.717, 1.165) is 36.3 Å². The highest BCUT2D eigenvalue weighted by Gasteiger charge is 2.33. The molecule has 0 aliphatic carbocycles. The van der Waals surface area contributed by atoms with Crippen molar-refractivity contribution in [1.29, 1.82) is 0 Å². The normalized spacial score (nSPS) is 19.8. The molecule has 3 atom stereocenters. The van der Waals surface area contributed by atoms with E-state index in [2.05, 4.69) is 5.32 Å². The molecule has 1 aliphatic heterocycles. The van der Waals surface area contributed by atoms with Crippen molar-refractivity contribution < 1.29 is 24.2 Å². The standard InChI is InChI=1S/C23H34N2O5S/c1-17(24-19(23(29)30-2)13-12-18-9-4-3-5-10-18)21(26)25-14-6-7-15-31-16-8-11-20(25)22(27)28/h3-5,9-10,17,19-20,24H,6-8,11-16H2,1-2H3,(H,27,28)/t17-,19?,20-/m0/s1. The quantitative estimate of drug-likeness (QED) is 0.588. The van der Waals surface area contributed by atoms with Gasteiger partial charge in [0.1, 0.15) is 12.1 Å². The summed E-state index contributed by atoms with van der Waals surface area (Å²) in [6, 6.07) is 7.62. The Hall–Kier alpha value is -2.06. The number of carboxylic acids is 1. The van der Waals surface area contributed by atoms with E-state index < -0.39 is 30.1 Å². The van der Waals surface area contributed by atoms with Gasteiger partial charge < -0.3 is 14.7 Å². The van der Waals surface area contributed by atoms with Crippen LogP contribution in [0.2, 0.25) is 0 Å². The molecule has 31 heavy (non-hydrogen) atoms. The first-order valence-corrected chi connectivity index (χ1v) is 12.1. The topological polar surface area (TPSA) is 95.9 Å². The Kier molecular flexibility index (Phi) is 10.9. The van der Waals surface area contributed by atoms with Crippen LogP contribution in [0.3, 0.4) is 0 Å². The van der Waals surface area contributed by atoms with E-state index in [1.807, 2.05) is 42.1 Å². The van der Waals surface area contributed by atoms with Crippen LogP contribution in [0.4, 0.5) is 0 Å². The third-order valence-electron chi connectivity index (χ3n) is 5.52. The molecule has 172 valence electrons. The molecule has 0 spiro atoms. The molecule has 2 rings (SSSR count). The van der Waals surface area contributed by atoms with Gasteiger partial charge in [0, 0.05) is 6.54 Å². The summed E-state index contributed by atoms with van der Waals surface area (Å²) in [6.45, 7) is 2.10. The minimum absolute atomic E-state index is 0.283. The number of thioether (sulfide) groups is 1. The number of nitrogens with one attached hydrogen (secondary N) is 1. The molecule has 1 saturated heterocycles. The number of carbonyl (C=O) groups excluding carboxylic acids is 2. The SMILES string of the molecule is COC(=O)C(CCc1ccccc1)N[C@@H](C)C(=O)N1CCCCSCCC[C@H]1C(=O)O. The van der Waals surface area contributed by atoms with Crippen LogP contribution in [-0.2, 0) is 25.5 Å². The van der Waals surface area contributed by atoms with Gasteiger partial charge in [0.25, 0.3) is 0 Å². The van der Waals surface area contributed by atoms with Crippen LogP contribution in [0, 0.1) is 0 Å². The predicted molar refractivity (Wildman–Crippen MR) is 122 cm³/mol. The van der Waals surface area contributed by atoms with E-state index in [1.165, 1.54) is 12.0 Å². The lowest BCUT2D eigenvalue weighted by atomic mass is 10.0. The fourth-order valence-electron chi connectivity index (χ4n) is 3.79. The fraction of sp³-hybridized carbons (Fsp3) is 0.609. The first-order chi connectivity index (χ1) is 14.9. The van der Waals surface area contributed by atoms with Crippen molar-refractivity contribution in [1.82, 2.24) is 10.2 Å². The van der Waals surface area contributed by atoms with Crippen LogP contribution in [0.5, 0.6) is 0 Å². The van der Waals surface area contributed by atoms with Gasteiger partial charge in [0.2, 0.25) is 5.91 Å². The van der Waals surface area contributed by atoms with Crippen LogP contribution in [0.1, 0.15) is 44.6 Å². The van der Waals surface area contributed by atoms with Crippen molar-refractivity contribution in [3.05, 3.63) is 35.9 Å². The Morgan fingerprint density at radius 3 is 2.58 bits per heavy atom. The number of aliphatic carboxylic acids is 1. The average molecular weight is 451 g/mol. The number of benzene rings is 1. The molecule has 1 aliphatic rings. The summed E-state index contributed by atoms with van der Waals surface area (Å²) in [5.41, 5.74) is 1.09. The molecule has 2 N–H and O–H groups in total. The number of methoxy groups -OCH3 is 1. The summed E-state index contributed by atoms with van der Waals surface area (Å²) in [5.74, 6) is 0.248. The third kappa shape index (κ3) is 8.18. The van der Waals surface area contributed by atoms with E-state index in [1.54, 1.807) is 6.92 Å². The number of carboxylic acid groups (broad SMARTS) is 1. The number of nitrogens with zero attached hydrogens (tertiary/aromatic N) is 1. The zero-order valence-corrected chi connectivity index (χ0v) is 19.2. The monoisotopic (exact) mass is 450 g/mol. The lowest BCUT2D eigenvalue weighted by Crippen LogP contribution is -2.55. The molecule has 0 radical (unpaired) electrons. The fourth-order valence-corrected chi connectivity index (χ4v) is 4.77. The highest BCUT2D eigenvalue weighted by molar-refractivity contribution is 7.99. The molecule has 7 nitrogen and oxygen atoms in total. The molecule has 0 bridgehead atoms. The number of aryl methyl sites for hydroxylation is 1. The lowest BCUT2D eigenvalue weighted by molar-refractivity contribution is -0.152. The largest absolute Gasteiger partial charge is 0.480 e. The van der Waals surface area contributed by atoms with Crippen LogP contribution >= 0.6 is 11.8 Å². The molecule has 1 fully saturated rings. The summed E-state index contributed by atoms with van der Waals surface area (Å²) in [4.78, 5) is 38.9. The number of hydrogen-bond donors (Lipinski definition) is 2. The smallest absolute Gasteiger partial charge is 0.326 e. The van der Waals surface area contributed by atoms with Gasteiger partial charge >= 0.3 is 11.9 Å². The maximum absolute atomic E-state index is 13.2. The number of esters is 1. The lowest BCUT2D eigenvalue weighted by Gasteiger charge is -2.33. The summed E-state index contributed by atoms with van der Waals surface area (Å²) < 4.78 is 4.93. The van der Waals surface area contributed by atoms with Crippen LogP contribution in [0.25, 0.3) is 0 Å². The summed E-state index contributed by atoms with van der Waals surface area (Å²) in [5, 5.41) is 12.8. The van der Waals surface area contributed by atoms with Crippen molar-refractivity contribution in [3.8, 4) is 0 Å². The van der Waals surface area contributed by atoms with Crippen molar-refractivity contribution in [2.45, 2.75) is 63.6 Å². The number of carbonyl (C=O) groups is 3. The molecule has 1 aromatic rings. The van der Waals surface area contributed by atoms with Gasteiger partial charge in [-0.1, -0.05) is 30.3 Å². The van der Waals surface area contributed by atoms with Crippen LogP contribution in [0.15, 0.2) is 30.3 Å². The average Bonchev–Trinajstić information content (AvgIpc) is 2.78. The van der Waals surface area contributed by atoms with Gasteiger partial charge in [-0.15, -0.1) is 0 Å². The number of ether oxygens (including phenoxy) is 1. The second-order valence-electron chi connectivity index (χ2n) is 7.84. The Labute approximate surface area is 188 Å². The first-order valence-electron chi connectivity index (χ1n) is 10.9. The van der Waals surface area contributed by atoms with Crippen molar-refractivity contribution in [2.75, 3.05) is 25.2 Å². The molecule has 0 aromatic heterocycles. The maximum atomic E-state index is 13.2. The molecule has 1 amide bonds. The number of hydrogen-bond acceptors (Lipinski definition) is 6. The molecule has 0 saturated carbocycles. The molecule has 1 aromatic carbocycles. The second-order valence-corrected chi connectivity index (χ2v) is 9.06. The van der Waals surface area contributed by atoms with Crippen LogP contribution in [-0.4, -0.2) is 71.1 Å². The van der Waals surface area contributed by atoms with E-state index in [9.17, 15) is 19.5 Å². The zero-order valence-electron chi connectivity index (χ0n) is 18.4. The maximum Gasteiger partial charge on any atom is 0.326 e. The van der Waals surface area contributed by atoms with Gasteiger partial charge in [-0.3, -0.25) is 14.9 Å².